The number of amides is 1. The topological polar surface area (TPSA) is 101 Å². The molecule has 110 valence electrons. The number of sulfonamides is 1. The van der Waals surface area contributed by atoms with E-state index >= 15 is 0 Å². The van der Waals surface area contributed by atoms with Crippen LogP contribution in [0.4, 0.5) is 0 Å². The molecular weight excluding hydrogens is 278 g/mol. The lowest BCUT2D eigenvalue weighted by atomic mass is 10.2. The highest BCUT2D eigenvalue weighted by Gasteiger charge is 2.27. The Morgan fingerprint density at radius 1 is 1.35 bits per heavy atom. The van der Waals surface area contributed by atoms with Gasteiger partial charge in [0.05, 0.1) is 4.90 Å². The molecule has 1 aromatic rings. The van der Waals surface area contributed by atoms with E-state index < -0.39 is 10.0 Å². The van der Waals surface area contributed by atoms with Gasteiger partial charge in [-0.25, -0.2) is 13.1 Å². The molecule has 0 saturated heterocycles. The second-order valence-corrected chi connectivity index (χ2v) is 6.74. The summed E-state index contributed by atoms with van der Waals surface area (Å²) in [5, 5.41) is 2.72. The molecule has 0 aromatic heterocycles. The van der Waals surface area contributed by atoms with Gasteiger partial charge in [-0.15, -0.1) is 0 Å². The minimum atomic E-state index is -3.47. The van der Waals surface area contributed by atoms with Crippen LogP contribution in [0.15, 0.2) is 29.2 Å². The van der Waals surface area contributed by atoms with Gasteiger partial charge in [0.1, 0.15) is 0 Å². The molecule has 2 rings (SSSR count). The summed E-state index contributed by atoms with van der Waals surface area (Å²) in [5.41, 5.74) is 5.84. The van der Waals surface area contributed by atoms with Crippen molar-refractivity contribution in [1.82, 2.24) is 10.0 Å². The maximum absolute atomic E-state index is 12.0. The van der Waals surface area contributed by atoms with Crippen molar-refractivity contribution in [3.05, 3.63) is 29.8 Å². The lowest BCUT2D eigenvalue weighted by Gasteiger charge is -2.11. The average molecular weight is 297 g/mol. The summed E-state index contributed by atoms with van der Waals surface area (Å²) in [4.78, 5) is 12.0. The van der Waals surface area contributed by atoms with Crippen molar-refractivity contribution in [2.24, 2.45) is 5.73 Å². The van der Waals surface area contributed by atoms with Gasteiger partial charge in [0.2, 0.25) is 10.0 Å². The Morgan fingerprint density at radius 3 is 2.45 bits per heavy atom. The second-order valence-electron chi connectivity index (χ2n) is 5.03. The third-order valence-corrected chi connectivity index (χ3v) is 4.59. The van der Waals surface area contributed by atoms with Gasteiger partial charge in [0.25, 0.3) is 5.91 Å². The number of nitrogens with one attached hydrogen (secondary N) is 2. The summed E-state index contributed by atoms with van der Waals surface area (Å²) < 4.78 is 26.5. The number of nitrogens with two attached hydrogens (primary N) is 1. The fraction of sp³-hybridized carbons (Fsp3) is 0.462. The van der Waals surface area contributed by atoms with Crippen molar-refractivity contribution in [3.63, 3.8) is 0 Å². The van der Waals surface area contributed by atoms with E-state index in [-0.39, 0.29) is 22.9 Å². The predicted molar refractivity (Wildman–Crippen MR) is 75.8 cm³/mol. The quantitative estimate of drug-likeness (QED) is 0.698. The number of benzene rings is 1. The van der Waals surface area contributed by atoms with Gasteiger partial charge in [-0.2, -0.15) is 0 Å². The standard InChI is InChI=1S/C13H19N3O3S/c1-9(8-14)15-13(17)10-2-6-12(7-3-10)20(18,19)16-11-4-5-11/h2-3,6-7,9,11,16H,4-5,8,14H2,1H3,(H,15,17)/t9-/m0/s1. The van der Waals surface area contributed by atoms with Gasteiger partial charge in [-0.1, -0.05) is 0 Å². The molecule has 1 amide bonds. The molecule has 1 aromatic carbocycles. The van der Waals surface area contributed by atoms with Crippen molar-refractivity contribution in [2.75, 3.05) is 6.54 Å². The summed E-state index contributed by atoms with van der Waals surface area (Å²) in [5.74, 6) is -0.262. The Labute approximate surface area is 118 Å². The highest BCUT2D eigenvalue weighted by atomic mass is 32.2. The first kappa shape index (κ1) is 15.0. The zero-order valence-electron chi connectivity index (χ0n) is 11.3. The molecule has 20 heavy (non-hydrogen) atoms. The average Bonchev–Trinajstić information content (AvgIpc) is 3.22. The van der Waals surface area contributed by atoms with Crippen LogP contribution in [0.3, 0.4) is 0 Å². The van der Waals surface area contributed by atoms with E-state index in [2.05, 4.69) is 10.0 Å². The lowest BCUT2D eigenvalue weighted by molar-refractivity contribution is 0.0941. The highest BCUT2D eigenvalue weighted by molar-refractivity contribution is 7.89. The third kappa shape index (κ3) is 3.78. The summed E-state index contributed by atoms with van der Waals surface area (Å²) in [6.45, 7) is 2.15. The van der Waals surface area contributed by atoms with Gasteiger partial charge in [0, 0.05) is 24.2 Å². The minimum Gasteiger partial charge on any atom is -0.348 e. The fourth-order valence-electron chi connectivity index (χ4n) is 1.64. The van der Waals surface area contributed by atoms with Crippen LogP contribution in [-0.2, 0) is 10.0 Å². The Hall–Kier alpha value is -1.44. The molecule has 1 saturated carbocycles. The number of carbonyl (C=O) groups excluding carboxylic acids is 1. The normalized spacial score (nSPS) is 16.7. The van der Waals surface area contributed by atoms with E-state index in [1.807, 2.05) is 0 Å². The van der Waals surface area contributed by atoms with Crippen molar-refractivity contribution in [3.8, 4) is 0 Å². The maximum Gasteiger partial charge on any atom is 0.251 e. The fourth-order valence-corrected chi connectivity index (χ4v) is 2.95. The van der Waals surface area contributed by atoms with E-state index in [9.17, 15) is 13.2 Å². The van der Waals surface area contributed by atoms with Crippen molar-refractivity contribution >= 4 is 15.9 Å². The molecule has 0 unspecified atom stereocenters. The molecule has 4 N–H and O–H groups in total. The van der Waals surface area contributed by atoms with Gasteiger partial charge in [-0.05, 0) is 44.0 Å². The molecule has 0 bridgehead atoms. The van der Waals surface area contributed by atoms with Gasteiger partial charge in [0.15, 0.2) is 0 Å². The van der Waals surface area contributed by atoms with E-state index in [0.29, 0.717) is 12.1 Å². The van der Waals surface area contributed by atoms with Gasteiger partial charge < -0.3 is 11.1 Å². The molecule has 1 aliphatic rings. The monoisotopic (exact) mass is 297 g/mol. The van der Waals surface area contributed by atoms with E-state index in [0.717, 1.165) is 12.8 Å². The molecule has 0 radical (unpaired) electrons. The summed E-state index contributed by atoms with van der Waals surface area (Å²) in [6.07, 6.45) is 1.77. The van der Waals surface area contributed by atoms with Crippen molar-refractivity contribution in [1.29, 1.82) is 0 Å². The Balaban J connectivity index is 2.07. The smallest absolute Gasteiger partial charge is 0.251 e. The van der Waals surface area contributed by atoms with Crippen molar-refractivity contribution < 1.29 is 13.2 Å². The largest absolute Gasteiger partial charge is 0.348 e. The SMILES string of the molecule is C[C@@H](CN)NC(=O)c1ccc(S(=O)(=O)NC2CC2)cc1. The van der Waals surface area contributed by atoms with E-state index in [1.165, 1.54) is 24.3 Å². The van der Waals surface area contributed by atoms with E-state index in [4.69, 9.17) is 5.73 Å². The first-order valence-electron chi connectivity index (χ1n) is 6.55. The number of hydrogen-bond acceptors (Lipinski definition) is 4. The van der Waals surface area contributed by atoms with Gasteiger partial charge >= 0.3 is 0 Å². The molecule has 0 heterocycles. The molecule has 0 spiro atoms. The van der Waals surface area contributed by atoms with Crippen LogP contribution in [0, 0.1) is 0 Å². The lowest BCUT2D eigenvalue weighted by Crippen LogP contribution is -2.37. The second kappa shape index (κ2) is 5.90. The highest BCUT2D eigenvalue weighted by Crippen LogP contribution is 2.22. The number of hydrogen-bond donors (Lipinski definition) is 3. The molecular formula is C13H19N3O3S. The van der Waals surface area contributed by atoms with Crippen LogP contribution in [0.1, 0.15) is 30.1 Å². The number of carbonyl (C=O) groups is 1. The predicted octanol–water partition coefficient (Wildman–Crippen LogP) is 0.204. The Kier molecular flexibility index (Phi) is 4.42. The third-order valence-electron chi connectivity index (χ3n) is 3.06. The minimum absolute atomic E-state index is 0.0633. The maximum atomic E-state index is 12.0. The van der Waals surface area contributed by atoms with E-state index in [1.54, 1.807) is 6.92 Å². The molecule has 6 nitrogen and oxygen atoms in total. The molecule has 1 fully saturated rings. The first-order chi connectivity index (χ1) is 9.42. The molecule has 1 atom stereocenters. The summed E-state index contributed by atoms with van der Waals surface area (Å²) in [6, 6.07) is 5.82. The van der Waals surface area contributed by atoms with Crippen molar-refractivity contribution in [2.45, 2.75) is 36.7 Å². The number of rotatable bonds is 6. The van der Waals surface area contributed by atoms with Crippen LogP contribution in [-0.4, -0.2) is 33.0 Å². The van der Waals surface area contributed by atoms with Crippen LogP contribution in [0.2, 0.25) is 0 Å². The van der Waals surface area contributed by atoms with Crippen LogP contribution >= 0.6 is 0 Å². The zero-order chi connectivity index (χ0) is 14.8. The Bertz CT molecular complexity index is 579. The Morgan fingerprint density at radius 2 is 1.95 bits per heavy atom. The first-order valence-corrected chi connectivity index (χ1v) is 8.04. The van der Waals surface area contributed by atoms with Crippen LogP contribution in [0.25, 0.3) is 0 Å². The van der Waals surface area contributed by atoms with Crippen LogP contribution < -0.4 is 15.8 Å². The molecule has 0 aliphatic heterocycles. The summed E-state index contributed by atoms with van der Waals surface area (Å²) in [7, 11) is -3.47. The zero-order valence-corrected chi connectivity index (χ0v) is 12.1. The molecule has 1 aliphatic carbocycles. The molecule has 7 heteroatoms. The summed E-state index contributed by atoms with van der Waals surface area (Å²) >= 11 is 0. The van der Waals surface area contributed by atoms with Gasteiger partial charge in [-0.3, -0.25) is 4.79 Å². The van der Waals surface area contributed by atoms with Crippen LogP contribution in [0.5, 0.6) is 0 Å².